The van der Waals surface area contributed by atoms with Crippen molar-refractivity contribution in [3.8, 4) is 0 Å². The Hall–Kier alpha value is -1.97. The van der Waals surface area contributed by atoms with E-state index >= 15 is 0 Å². The number of aryl methyl sites for hydroxylation is 1. The smallest absolute Gasteiger partial charge is 0.321 e. The van der Waals surface area contributed by atoms with Crippen LogP contribution >= 0.6 is 0 Å². The van der Waals surface area contributed by atoms with Crippen molar-refractivity contribution in [2.24, 2.45) is 18.9 Å². The first kappa shape index (κ1) is 16.4. The van der Waals surface area contributed by atoms with E-state index < -0.39 is 0 Å². The van der Waals surface area contributed by atoms with Gasteiger partial charge in [0.25, 0.3) is 0 Å². The number of rotatable bonds is 5. The van der Waals surface area contributed by atoms with Crippen LogP contribution in [0.3, 0.4) is 0 Å². The number of benzene rings is 1. The Morgan fingerprint density at radius 1 is 1.14 bits per heavy atom. The molecule has 4 heteroatoms. The zero-order chi connectivity index (χ0) is 16.3. The first-order chi connectivity index (χ1) is 10.4. The fourth-order valence-corrected chi connectivity index (χ4v) is 2.76. The van der Waals surface area contributed by atoms with Crippen LogP contribution in [-0.2, 0) is 7.05 Å². The van der Waals surface area contributed by atoms with Gasteiger partial charge in [0.1, 0.15) is 0 Å². The van der Waals surface area contributed by atoms with E-state index in [-0.39, 0.29) is 6.03 Å². The number of carbonyl (C=O) groups excluding carboxylic acids is 1. The Bertz CT molecular complexity index is 633. The van der Waals surface area contributed by atoms with Gasteiger partial charge in [0.05, 0.1) is 5.69 Å². The summed E-state index contributed by atoms with van der Waals surface area (Å²) < 4.78 is 2.04. The Labute approximate surface area is 133 Å². The number of hydrogen-bond donors (Lipinski definition) is 1. The molecule has 0 atom stereocenters. The Morgan fingerprint density at radius 2 is 1.73 bits per heavy atom. The van der Waals surface area contributed by atoms with Crippen molar-refractivity contribution in [1.82, 2.24) is 9.47 Å². The molecule has 2 aromatic rings. The summed E-state index contributed by atoms with van der Waals surface area (Å²) in [6.07, 6.45) is 1.98. The molecule has 0 saturated carbocycles. The van der Waals surface area contributed by atoms with Crippen LogP contribution in [0.4, 0.5) is 10.5 Å². The van der Waals surface area contributed by atoms with Gasteiger partial charge < -0.3 is 14.8 Å². The van der Waals surface area contributed by atoms with Crippen LogP contribution in [0.25, 0.3) is 10.9 Å². The summed E-state index contributed by atoms with van der Waals surface area (Å²) >= 11 is 0. The fourth-order valence-electron chi connectivity index (χ4n) is 2.76. The van der Waals surface area contributed by atoms with Gasteiger partial charge in [0.15, 0.2) is 0 Å². The molecule has 0 aliphatic carbocycles. The summed E-state index contributed by atoms with van der Waals surface area (Å²) in [5, 5.41) is 4.16. The number of anilines is 1. The highest BCUT2D eigenvalue weighted by Crippen LogP contribution is 2.25. The van der Waals surface area contributed by atoms with Crippen LogP contribution < -0.4 is 5.32 Å². The SMILES string of the molecule is CC(C)CN(CC(C)C)C(=O)Nc1cn(C)c2ccccc12. The monoisotopic (exact) mass is 301 g/mol. The molecule has 0 aliphatic rings. The van der Waals surface area contributed by atoms with E-state index in [1.54, 1.807) is 0 Å². The average molecular weight is 301 g/mol. The average Bonchev–Trinajstić information content (AvgIpc) is 2.74. The molecular weight excluding hydrogens is 274 g/mol. The second-order valence-corrected chi connectivity index (χ2v) is 6.79. The number of amides is 2. The first-order valence-corrected chi connectivity index (χ1v) is 7.98. The Balaban J connectivity index is 2.20. The molecule has 4 nitrogen and oxygen atoms in total. The highest BCUT2D eigenvalue weighted by atomic mass is 16.2. The minimum absolute atomic E-state index is 0.0150. The predicted octanol–water partition coefficient (Wildman–Crippen LogP) is 4.32. The lowest BCUT2D eigenvalue weighted by Gasteiger charge is -2.26. The zero-order valence-electron chi connectivity index (χ0n) is 14.3. The molecule has 1 heterocycles. The summed E-state index contributed by atoms with van der Waals surface area (Å²) in [5.74, 6) is 0.911. The topological polar surface area (TPSA) is 37.3 Å². The van der Waals surface area contributed by atoms with E-state index in [0.29, 0.717) is 11.8 Å². The maximum Gasteiger partial charge on any atom is 0.321 e. The molecule has 0 unspecified atom stereocenters. The summed E-state index contributed by atoms with van der Waals surface area (Å²) in [6, 6.07) is 8.10. The van der Waals surface area contributed by atoms with Crippen molar-refractivity contribution in [2.75, 3.05) is 18.4 Å². The molecule has 22 heavy (non-hydrogen) atoms. The molecule has 2 amide bonds. The molecule has 2 rings (SSSR count). The number of nitrogens with zero attached hydrogens (tertiary/aromatic N) is 2. The molecule has 1 aromatic heterocycles. The van der Waals surface area contributed by atoms with Gasteiger partial charge in [-0.15, -0.1) is 0 Å². The molecule has 1 N–H and O–H groups in total. The highest BCUT2D eigenvalue weighted by Gasteiger charge is 2.18. The van der Waals surface area contributed by atoms with Crippen molar-refractivity contribution in [1.29, 1.82) is 0 Å². The number of urea groups is 1. The van der Waals surface area contributed by atoms with E-state index in [1.807, 2.05) is 40.9 Å². The van der Waals surface area contributed by atoms with Gasteiger partial charge in [-0.25, -0.2) is 4.79 Å². The Kier molecular flexibility index (Phi) is 5.11. The summed E-state index contributed by atoms with van der Waals surface area (Å²) in [6.45, 7) is 10.1. The van der Waals surface area contributed by atoms with Crippen molar-refractivity contribution in [2.45, 2.75) is 27.7 Å². The van der Waals surface area contributed by atoms with E-state index in [9.17, 15) is 4.79 Å². The van der Waals surface area contributed by atoms with Crippen LogP contribution in [0.15, 0.2) is 30.5 Å². The summed E-state index contributed by atoms with van der Waals surface area (Å²) in [7, 11) is 2.00. The van der Waals surface area contributed by atoms with Crippen LogP contribution in [-0.4, -0.2) is 28.6 Å². The second-order valence-electron chi connectivity index (χ2n) is 6.79. The third-order valence-corrected chi connectivity index (χ3v) is 3.60. The molecule has 0 bridgehead atoms. The van der Waals surface area contributed by atoms with E-state index in [1.165, 1.54) is 0 Å². The van der Waals surface area contributed by atoms with Crippen LogP contribution in [0.2, 0.25) is 0 Å². The minimum atomic E-state index is -0.0150. The van der Waals surface area contributed by atoms with E-state index in [4.69, 9.17) is 0 Å². The second kappa shape index (κ2) is 6.86. The number of para-hydroxylation sites is 1. The molecule has 120 valence electrons. The summed E-state index contributed by atoms with van der Waals surface area (Å²) in [4.78, 5) is 14.6. The maximum atomic E-state index is 12.6. The van der Waals surface area contributed by atoms with Crippen molar-refractivity contribution in [3.05, 3.63) is 30.5 Å². The van der Waals surface area contributed by atoms with Crippen molar-refractivity contribution in [3.63, 3.8) is 0 Å². The van der Waals surface area contributed by atoms with Gasteiger partial charge in [0.2, 0.25) is 0 Å². The third-order valence-electron chi connectivity index (χ3n) is 3.60. The van der Waals surface area contributed by atoms with Gasteiger partial charge >= 0.3 is 6.03 Å². The van der Waals surface area contributed by atoms with Crippen LogP contribution in [0, 0.1) is 11.8 Å². The zero-order valence-corrected chi connectivity index (χ0v) is 14.3. The standard InChI is InChI=1S/C18H27N3O/c1-13(2)10-21(11-14(3)4)18(22)19-16-12-20(5)17-9-7-6-8-15(16)17/h6-9,12-14H,10-11H2,1-5H3,(H,19,22). The first-order valence-electron chi connectivity index (χ1n) is 7.98. The molecule has 1 aromatic carbocycles. The molecule has 0 aliphatic heterocycles. The number of carbonyl (C=O) groups is 1. The summed E-state index contributed by atoms with van der Waals surface area (Å²) in [5.41, 5.74) is 2.00. The minimum Gasteiger partial charge on any atom is -0.348 e. The van der Waals surface area contributed by atoms with E-state index in [0.717, 1.165) is 29.7 Å². The quantitative estimate of drug-likeness (QED) is 0.877. The van der Waals surface area contributed by atoms with Gasteiger partial charge in [-0.1, -0.05) is 45.9 Å². The number of aromatic nitrogens is 1. The van der Waals surface area contributed by atoms with E-state index in [2.05, 4.69) is 39.1 Å². The molecule has 0 spiro atoms. The van der Waals surface area contributed by atoms with Gasteiger partial charge in [-0.05, 0) is 17.9 Å². The van der Waals surface area contributed by atoms with Crippen LogP contribution in [0.1, 0.15) is 27.7 Å². The number of fused-ring (bicyclic) bond motifs is 1. The lowest BCUT2D eigenvalue weighted by atomic mass is 10.1. The third kappa shape index (κ3) is 3.81. The lowest BCUT2D eigenvalue weighted by Crippen LogP contribution is -2.39. The highest BCUT2D eigenvalue weighted by molar-refractivity contribution is 6.01. The van der Waals surface area contributed by atoms with Gasteiger partial charge in [-0.2, -0.15) is 0 Å². The predicted molar refractivity (Wildman–Crippen MR) is 93.2 cm³/mol. The van der Waals surface area contributed by atoms with Crippen molar-refractivity contribution < 1.29 is 4.79 Å². The van der Waals surface area contributed by atoms with Crippen molar-refractivity contribution >= 4 is 22.6 Å². The van der Waals surface area contributed by atoms with Gasteiger partial charge in [0, 0.05) is 37.2 Å². The lowest BCUT2D eigenvalue weighted by molar-refractivity contribution is 0.196. The molecular formula is C18H27N3O. The largest absolute Gasteiger partial charge is 0.348 e. The Morgan fingerprint density at radius 3 is 2.32 bits per heavy atom. The molecule has 0 fully saturated rings. The number of nitrogens with one attached hydrogen (secondary N) is 1. The normalized spacial score (nSPS) is 11.4. The van der Waals surface area contributed by atoms with Crippen LogP contribution in [0.5, 0.6) is 0 Å². The van der Waals surface area contributed by atoms with Gasteiger partial charge in [-0.3, -0.25) is 0 Å². The fraction of sp³-hybridized carbons (Fsp3) is 0.500. The maximum absolute atomic E-state index is 12.6. The molecule has 0 radical (unpaired) electrons. The molecule has 0 saturated heterocycles. The number of hydrogen-bond acceptors (Lipinski definition) is 1.